The van der Waals surface area contributed by atoms with E-state index in [1.54, 1.807) is 16.2 Å². The van der Waals surface area contributed by atoms with Gasteiger partial charge in [-0.15, -0.1) is 11.3 Å². The van der Waals surface area contributed by atoms with Gasteiger partial charge in [0.25, 0.3) is 0 Å². The van der Waals surface area contributed by atoms with Crippen LogP contribution in [0.4, 0.5) is 0 Å². The molecule has 1 fully saturated rings. The third-order valence-electron chi connectivity index (χ3n) is 5.18. The van der Waals surface area contributed by atoms with E-state index in [1.807, 2.05) is 35.2 Å². The quantitative estimate of drug-likeness (QED) is 0.850. The standard InChI is InChI=1S/C20H22N2O2S/c23-19(13-15-5-2-1-3-6-15)22-10-4-7-17(22)20(24)21-11-8-18-16(14-21)9-12-25-18/h1-3,5-6,9,12,17H,4,7-8,10-11,13-14H2. The molecule has 2 amide bonds. The molecule has 4 nitrogen and oxygen atoms in total. The zero-order valence-electron chi connectivity index (χ0n) is 14.2. The number of likely N-dealkylation sites (tertiary alicyclic amines) is 1. The first-order valence-corrected chi connectivity index (χ1v) is 9.78. The van der Waals surface area contributed by atoms with Gasteiger partial charge >= 0.3 is 0 Å². The van der Waals surface area contributed by atoms with Crippen LogP contribution in [0.2, 0.25) is 0 Å². The second kappa shape index (κ2) is 7.00. The molecule has 0 bridgehead atoms. The predicted octanol–water partition coefficient (Wildman–Crippen LogP) is 2.87. The van der Waals surface area contributed by atoms with Gasteiger partial charge in [-0.3, -0.25) is 9.59 Å². The molecule has 3 heterocycles. The van der Waals surface area contributed by atoms with Crippen LogP contribution in [0.25, 0.3) is 0 Å². The summed E-state index contributed by atoms with van der Waals surface area (Å²) in [5.41, 5.74) is 2.27. The van der Waals surface area contributed by atoms with Crippen LogP contribution in [0.3, 0.4) is 0 Å². The highest BCUT2D eigenvalue weighted by Gasteiger charge is 2.37. The number of carbonyl (C=O) groups is 2. The maximum atomic E-state index is 13.0. The van der Waals surface area contributed by atoms with Crippen molar-refractivity contribution in [2.75, 3.05) is 13.1 Å². The number of carbonyl (C=O) groups excluding carboxylic acids is 2. The van der Waals surface area contributed by atoms with Crippen LogP contribution in [0, 0.1) is 0 Å². The van der Waals surface area contributed by atoms with E-state index < -0.39 is 0 Å². The highest BCUT2D eigenvalue weighted by molar-refractivity contribution is 7.10. The van der Waals surface area contributed by atoms with Crippen LogP contribution in [-0.4, -0.2) is 40.7 Å². The lowest BCUT2D eigenvalue weighted by molar-refractivity contribution is -0.144. The van der Waals surface area contributed by atoms with Gasteiger partial charge in [0, 0.05) is 24.5 Å². The lowest BCUT2D eigenvalue weighted by Crippen LogP contribution is -2.49. The largest absolute Gasteiger partial charge is 0.336 e. The molecule has 4 rings (SSSR count). The minimum absolute atomic E-state index is 0.0651. The maximum Gasteiger partial charge on any atom is 0.245 e. The summed E-state index contributed by atoms with van der Waals surface area (Å²) in [4.78, 5) is 30.9. The molecule has 1 unspecified atom stereocenters. The molecule has 1 aromatic carbocycles. The molecule has 0 spiro atoms. The van der Waals surface area contributed by atoms with Crippen molar-refractivity contribution < 1.29 is 9.59 Å². The van der Waals surface area contributed by atoms with Gasteiger partial charge in [0.05, 0.1) is 6.42 Å². The number of nitrogens with zero attached hydrogens (tertiary/aromatic N) is 2. The second-order valence-corrected chi connectivity index (χ2v) is 7.79. The van der Waals surface area contributed by atoms with E-state index in [4.69, 9.17) is 0 Å². The van der Waals surface area contributed by atoms with Crippen molar-refractivity contribution in [1.82, 2.24) is 9.80 Å². The van der Waals surface area contributed by atoms with Crippen molar-refractivity contribution in [3.05, 3.63) is 57.8 Å². The highest BCUT2D eigenvalue weighted by atomic mass is 32.1. The summed E-state index contributed by atoms with van der Waals surface area (Å²) in [5.74, 6) is 0.186. The average molecular weight is 354 g/mol. The molecule has 2 aromatic rings. The number of fused-ring (bicyclic) bond motifs is 1. The van der Waals surface area contributed by atoms with E-state index in [0.717, 1.165) is 31.4 Å². The Balaban J connectivity index is 1.44. The lowest BCUT2D eigenvalue weighted by Gasteiger charge is -2.32. The summed E-state index contributed by atoms with van der Waals surface area (Å²) >= 11 is 1.78. The first kappa shape index (κ1) is 16.3. The van der Waals surface area contributed by atoms with Crippen LogP contribution in [0.5, 0.6) is 0 Å². The van der Waals surface area contributed by atoms with Gasteiger partial charge in [-0.05, 0) is 41.8 Å². The number of hydrogen-bond donors (Lipinski definition) is 0. The molecule has 0 aliphatic carbocycles. The minimum Gasteiger partial charge on any atom is -0.336 e. The van der Waals surface area contributed by atoms with Crippen LogP contribution in [0.15, 0.2) is 41.8 Å². The van der Waals surface area contributed by atoms with Gasteiger partial charge in [-0.25, -0.2) is 0 Å². The van der Waals surface area contributed by atoms with E-state index in [9.17, 15) is 9.59 Å². The van der Waals surface area contributed by atoms with Crippen molar-refractivity contribution in [3.8, 4) is 0 Å². The first-order valence-electron chi connectivity index (χ1n) is 8.90. The Bertz CT molecular complexity index is 771. The van der Waals surface area contributed by atoms with Crippen LogP contribution >= 0.6 is 11.3 Å². The molecule has 1 aromatic heterocycles. The molecular formula is C20H22N2O2S. The Kier molecular flexibility index (Phi) is 4.57. The van der Waals surface area contributed by atoms with Crippen LogP contribution < -0.4 is 0 Å². The third-order valence-corrected chi connectivity index (χ3v) is 6.20. The van der Waals surface area contributed by atoms with Gasteiger partial charge in [0.15, 0.2) is 0 Å². The van der Waals surface area contributed by atoms with Gasteiger partial charge in [-0.2, -0.15) is 0 Å². The van der Waals surface area contributed by atoms with Crippen molar-refractivity contribution in [3.63, 3.8) is 0 Å². The molecule has 130 valence electrons. The van der Waals surface area contributed by atoms with E-state index in [1.165, 1.54) is 10.4 Å². The zero-order valence-corrected chi connectivity index (χ0v) is 15.0. The summed E-state index contributed by atoms with van der Waals surface area (Å²) in [5, 5.41) is 2.10. The fourth-order valence-electron chi connectivity index (χ4n) is 3.84. The Labute approximate surface area is 152 Å². The number of benzene rings is 1. The molecule has 0 N–H and O–H groups in total. The Morgan fingerprint density at radius 1 is 1.12 bits per heavy atom. The Morgan fingerprint density at radius 2 is 1.96 bits per heavy atom. The van der Waals surface area contributed by atoms with Crippen LogP contribution in [0.1, 0.15) is 28.8 Å². The fourth-order valence-corrected chi connectivity index (χ4v) is 4.73. The summed E-state index contributed by atoms with van der Waals surface area (Å²) in [6.07, 6.45) is 3.00. The van der Waals surface area contributed by atoms with E-state index >= 15 is 0 Å². The van der Waals surface area contributed by atoms with Crippen molar-refractivity contribution in [1.29, 1.82) is 0 Å². The molecule has 1 atom stereocenters. The third kappa shape index (κ3) is 3.33. The monoisotopic (exact) mass is 354 g/mol. The molecule has 2 aliphatic rings. The van der Waals surface area contributed by atoms with Gasteiger partial charge in [0.1, 0.15) is 6.04 Å². The van der Waals surface area contributed by atoms with Gasteiger partial charge in [-0.1, -0.05) is 30.3 Å². The highest BCUT2D eigenvalue weighted by Crippen LogP contribution is 2.27. The van der Waals surface area contributed by atoms with E-state index in [2.05, 4.69) is 11.4 Å². The van der Waals surface area contributed by atoms with Gasteiger partial charge in [0.2, 0.25) is 11.8 Å². The number of rotatable bonds is 3. The van der Waals surface area contributed by atoms with E-state index in [-0.39, 0.29) is 17.9 Å². The molecule has 2 aliphatic heterocycles. The molecular weight excluding hydrogens is 332 g/mol. The summed E-state index contributed by atoms with van der Waals surface area (Å²) in [7, 11) is 0. The molecule has 0 radical (unpaired) electrons. The summed E-state index contributed by atoms with van der Waals surface area (Å²) in [6, 6.07) is 11.6. The van der Waals surface area contributed by atoms with Crippen molar-refractivity contribution in [2.24, 2.45) is 0 Å². The topological polar surface area (TPSA) is 40.6 Å². The average Bonchev–Trinajstić information content (AvgIpc) is 3.30. The zero-order chi connectivity index (χ0) is 17.2. The summed E-state index contributed by atoms with van der Waals surface area (Å²) < 4.78 is 0. The second-order valence-electron chi connectivity index (χ2n) is 6.79. The SMILES string of the molecule is O=C(C1CCCN1C(=O)Cc1ccccc1)N1CCc2sccc2C1. The first-order chi connectivity index (χ1) is 12.2. The molecule has 5 heteroatoms. The van der Waals surface area contributed by atoms with Crippen LogP contribution in [-0.2, 0) is 29.0 Å². The predicted molar refractivity (Wildman–Crippen MR) is 98.3 cm³/mol. The van der Waals surface area contributed by atoms with Crippen molar-refractivity contribution >= 4 is 23.2 Å². The lowest BCUT2D eigenvalue weighted by atomic mass is 10.1. The molecule has 0 saturated carbocycles. The summed E-state index contributed by atoms with van der Waals surface area (Å²) in [6.45, 7) is 2.15. The van der Waals surface area contributed by atoms with Gasteiger partial charge < -0.3 is 9.80 Å². The minimum atomic E-state index is -0.281. The molecule has 1 saturated heterocycles. The Morgan fingerprint density at radius 3 is 2.80 bits per heavy atom. The van der Waals surface area contributed by atoms with E-state index in [0.29, 0.717) is 19.5 Å². The maximum absolute atomic E-state index is 13.0. The fraction of sp³-hybridized carbons (Fsp3) is 0.400. The number of amides is 2. The normalized spacial score (nSPS) is 19.8. The number of thiophene rings is 1. The molecule has 25 heavy (non-hydrogen) atoms. The Hall–Kier alpha value is -2.14. The smallest absolute Gasteiger partial charge is 0.245 e. The van der Waals surface area contributed by atoms with Crippen molar-refractivity contribution in [2.45, 2.75) is 38.3 Å². The number of hydrogen-bond acceptors (Lipinski definition) is 3.